The summed E-state index contributed by atoms with van der Waals surface area (Å²) in [5.41, 5.74) is 0. The first-order chi connectivity index (χ1) is 8.74. The lowest BCUT2D eigenvalue weighted by molar-refractivity contribution is 0.0788. The number of rotatable bonds is 4. The smallest absolute Gasteiger partial charge is 0.430 e. The number of aliphatic hydroxyl groups is 1. The van der Waals surface area contributed by atoms with Crippen molar-refractivity contribution in [2.75, 3.05) is 6.61 Å². The number of halogens is 6. The molecule has 0 heterocycles. The van der Waals surface area contributed by atoms with Crippen molar-refractivity contribution in [1.82, 2.24) is 0 Å². The summed E-state index contributed by atoms with van der Waals surface area (Å²) in [6, 6.07) is 0. The van der Waals surface area contributed by atoms with Crippen LogP contribution in [0.4, 0.5) is 4.79 Å². The largest absolute Gasteiger partial charge is 0.518 e. The van der Waals surface area contributed by atoms with Crippen molar-refractivity contribution in [3.05, 3.63) is 13.7 Å². The van der Waals surface area contributed by atoms with E-state index in [4.69, 9.17) is 9.84 Å². The molecular weight excluding hydrogens is 887 g/mol. The van der Waals surface area contributed by atoms with Crippen LogP contribution in [0.5, 0.6) is 0 Å². The molecule has 0 aliphatic carbocycles. The van der Waals surface area contributed by atoms with E-state index in [1.807, 2.05) is 6.08 Å². The quantitative estimate of drug-likeness (QED) is 0.263. The number of carbonyl (C=O) groups excluding carboxylic acids is 1. The molecule has 1 atom stereocenters. The first kappa shape index (κ1) is 24.1. The van der Waals surface area contributed by atoms with Crippen LogP contribution in [0.15, 0.2) is 13.7 Å². The minimum Gasteiger partial charge on any atom is -0.430 e. The molecule has 1 N–H and O–H groups in total. The topological polar surface area (TPSA) is 55.8 Å². The highest BCUT2D eigenvalue weighted by Crippen LogP contribution is 2.24. The molecule has 0 aromatic carbocycles. The molecule has 4 nitrogen and oxygen atoms in total. The van der Waals surface area contributed by atoms with E-state index in [-0.39, 0.29) is 12.7 Å². The Balaban J connectivity index is 0. The van der Waals surface area contributed by atoms with Crippen LogP contribution in [-0.2, 0) is 7.80 Å². The van der Waals surface area contributed by atoms with Crippen molar-refractivity contribution in [3.8, 4) is 0 Å². The molecule has 0 saturated heterocycles. The van der Waals surface area contributed by atoms with Crippen molar-refractivity contribution < 1.29 is 17.7 Å². The second kappa shape index (κ2) is 15.7. The Morgan fingerprint density at radius 2 is 1.89 bits per heavy atom. The van der Waals surface area contributed by atoms with E-state index in [0.29, 0.717) is 6.42 Å². The lowest BCUT2D eigenvalue weighted by Crippen LogP contribution is -2.12. The summed E-state index contributed by atoms with van der Waals surface area (Å²) in [5, 5.41) is 8.43. The summed E-state index contributed by atoms with van der Waals surface area (Å²) < 4.78 is 12.3. The first-order valence-electron chi connectivity index (χ1n) is 4.55. The fourth-order valence-corrected chi connectivity index (χ4v) is 1.43. The van der Waals surface area contributed by atoms with Gasteiger partial charge in [0.15, 0.2) is 23.0 Å². The zero-order chi connectivity index (χ0) is 15.4. The Morgan fingerprint density at radius 3 is 2.16 bits per heavy atom. The van der Waals surface area contributed by atoms with Gasteiger partial charge in [0.05, 0.1) is 10.7 Å². The maximum absolute atomic E-state index is 10.6. The molecule has 0 radical (unpaired) electrons. The maximum atomic E-state index is 10.6. The van der Waals surface area contributed by atoms with Crippen LogP contribution in [-0.4, -0.2) is 24.0 Å². The second-order valence-electron chi connectivity index (χ2n) is 2.81. The number of carbonyl (C=O) groups is 1. The lowest BCUT2D eigenvalue weighted by Gasteiger charge is -2.07. The fourth-order valence-electron chi connectivity index (χ4n) is 0.545. The normalized spacial score (nSPS) is 11.9. The van der Waals surface area contributed by atoms with Gasteiger partial charge in [-0.05, 0) is 113 Å². The van der Waals surface area contributed by atoms with Gasteiger partial charge in [-0.25, -0.2) is 4.79 Å². The molecule has 0 aromatic rings. The van der Waals surface area contributed by atoms with Gasteiger partial charge in [0.1, 0.15) is 6.10 Å². The van der Waals surface area contributed by atoms with Gasteiger partial charge in [0, 0.05) is 10.0 Å². The SMILES string of the molecule is CC(CC=C(Br)I)OC(=O)OI.OCC(I)=C(I)I. The predicted octanol–water partition coefficient (Wildman–Crippen LogP) is 6.39. The standard InChI is InChI=1S/C6H7BrI2O3.C3H3I3O/c1-4(2-3-5(7)8)11-6(10)12-9;4-2(1-7)3(5)6/h3-4H,2H2,1H3;7H,1H2. The molecule has 0 aliphatic heterocycles. The highest BCUT2D eigenvalue weighted by atomic mass is 127. The minimum absolute atomic E-state index is 0.158. The molecule has 0 spiro atoms. The lowest BCUT2D eigenvalue weighted by atomic mass is 10.3. The molecule has 1 unspecified atom stereocenters. The predicted molar refractivity (Wildman–Crippen MR) is 123 cm³/mol. The van der Waals surface area contributed by atoms with Crippen molar-refractivity contribution in [2.24, 2.45) is 0 Å². The summed E-state index contributed by atoms with van der Waals surface area (Å²) >= 11 is 13.3. The summed E-state index contributed by atoms with van der Waals surface area (Å²) in [6.45, 7) is 1.97. The summed E-state index contributed by atoms with van der Waals surface area (Å²) in [4.78, 5) is 10.6. The van der Waals surface area contributed by atoms with Gasteiger partial charge >= 0.3 is 6.16 Å². The number of ether oxygens (including phenoxy) is 1. The minimum atomic E-state index is -0.652. The van der Waals surface area contributed by atoms with E-state index < -0.39 is 6.16 Å². The summed E-state index contributed by atoms with van der Waals surface area (Å²) in [5.74, 6) is 0. The molecule has 112 valence electrons. The average molecular weight is 897 g/mol. The molecule has 0 saturated carbocycles. The first-order valence-corrected chi connectivity index (χ1v) is 10.5. The van der Waals surface area contributed by atoms with E-state index in [1.54, 1.807) is 6.92 Å². The van der Waals surface area contributed by atoms with Crippen LogP contribution in [0.2, 0.25) is 0 Å². The monoisotopic (exact) mass is 895 g/mol. The van der Waals surface area contributed by atoms with Crippen LogP contribution in [0.25, 0.3) is 0 Å². The maximum Gasteiger partial charge on any atom is 0.518 e. The Hall–Kier alpha value is 2.84. The summed E-state index contributed by atoms with van der Waals surface area (Å²) in [6.07, 6.45) is 1.79. The van der Waals surface area contributed by atoms with Crippen molar-refractivity contribution in [1.29, 1.82) is 0 Å². The molecule has 0 amide bonds. The van der Waals surface area contributed by atoms with Crippen LogP contribution >= 0.6 is 129 Å². The molecule has 10 heteroatoms. The van der Waals surface area contributed by atoms with Gasteiger partial charge in [0.25, 0.3) is 0 Å². The van der Waals surface area contributed by atoms with Crippen LogP contribution in [0.1, 0.15) is 13.3 Å². The molecule has 0 aromatic heterocycles. The molecular formula is C9H10BrI5O4. The third kappa shape index (κ3) is 18.8. The molecule has 0 bridgehead atoms. The summed E-state index contributed by atoms with van der Waals surface area (Å²) in [7, 11) is 0. The highest BCUT2D eigenvalue weighted by Gasteiger charge is 2.07. The van der Waals surface area contributed by atoms with Gasteiger partial charge in [-0.1, -0.05) is 6.08 Å². The average Bonchev–Trinajstić information content (AvgIpc) is 2.35. The van der Waals surface area contributed by atoms with E-state index in [1.165, 1.54) is 23.0 Å². The van der Waals surface area contributed by atoms with Gasteiger partial charge in [-0.15, -0.1) is 0 Å². The Bertz CT molecular complexity index is 327. The van der Waals surface area contributed by atoms with Gasteiger partial charge in [-0.3, -0.25) is 0 Å². The zero-order valence-electron chi connectivity index (χ0n) is 9.51. The van der Waals surface area contributed by atoms with Crippen LogP contribution < -0.4 is 0 Å². The highest BCUT2D eigenvalue weighted by molar-refractivity contribution is 14.2. The Kier molecular flexibility index (Phi) is 19.9. The second-order valence-corrected chi connectivity index (χ2v) is 12.3. The number of hydrogen-bond acceptors (Lipinski definition) is 4. The fraction of sp³-hybridized carbons (Fsp3) is 0.444. The van der Waals surface area contributed by atoms with Gasteiger partial charge in [-0.2, -0.15) is 0 Å². The third-order valence-electron chi connectivity index (χ3n) is 1.31. The van der Waals surface area contributed by atoms with E-state index >= 15 is 0 Å². The van der Waals surface area contributed by atoms with E-state index in [9.17, 15) is 4.79 Å². The zero-order valence-corrected chi connectivity index (χ0v) is 21.9. The van der Waals surface area contributed by atoms with Crippen molar-refractivity contribution in [2.45, 2.75) is 19.4 Å². The number of aliphatic hydroxyl groups excluding tert-OH is 1. The van der Waals surface area contributed by atoms with Crippen molar-refractivity contribution in [3.63, 3.8) is 0 Å². The van der Waals surface area contributed by atoms with E-state index in [0.717, 1.165) is 7.66 Å². The Labute approximate surface area is 189 Å². The number of hydrogen-bond donors (Lipinski definition) is 1. The van der Waals surface area contributed by atoms with Gasteiger partial charge in [0.2, 0.25) is 0 Å². The third-order valence-corrected chi connectivity index (χ3v) is 6.68. The van der Waals surface area contributed by atoms with Crippen LogP contribution in [0, 0.1) is 0 Å². The Morgan fingerprint density at radius 1 is 1.37 bits per heavy atom. The van der Waals surface area contributed by atoms with Crippen molar-refractivity contribution >= 4 is 135 Å². The van der Waals surface area contributed by atoms with Gasteiger partial charge < -0.3 is 12.9 Å². The molecule has 0 fully saturated rings. The van der Waals surface area contributed by atoms with Crippen LogP contribution in [0.3, 0.4) is 0 Å². The van der Waals surface area contributed by atoms with E-state index in [2.05, 4.69) is 109 Å². The molecule has 19 heavy (non-hydrogen) atoms. The molecule has 0 rings (SSSR count). The molecule has 0 aliphatic rings.